The summed E-state index contributed by atoms with van der Waals surface area (Å²) in [6.07, 6.45) is 0. The van der Waals surface area contributed by atoms with E-state index in [1.54, 1.807) is 0 Å². The van der Waals surface area contributed by atoms with Crippen LogP contribution in [0.4, 0.5) is 0 Å². The molecular formula is H13AlO7SiTi. The molecule has 0 amide bonds. The fourth-order valence-electron chi connectivity index (χ4n) is 0. The normalized spacial score (nSPS) is 2.40. The van der Waals surface area contributed by atoms with Gasteiger partial charge in [-0.3, -0.25) is 4.46 Å². The summed E-state index contributed by atoms with van der Waals surface area (Å²) in [5.41, 5.74) is 0. The summed E-state index contributed by atoms with van der Waals surface area (Å²) in [7, 11) is -3.13. The Hall–Kier alpha value is 0.704. The van der Waals surface area contributed by atoms with Gasteiger partial charge < -0.3 is 31.5 Å². The molecule has 0 aromatic rings. The molecule has 0 aliphatic rings. The van der Waals surface area contributed by atoms with Crippen LogP contribution in [0.3, 0.4) is 0 Å². The van der Waals surface area contributed by atoms with Crippen LogP contribution in [0, 0.1) is 0 Å². The van der Waals surface area contributed by atoms with E-state index in [0.29, 0.717) is 0 Å². The van der Waals surface area contributed by atoms with Crippen molar-refractivity contribution in [3.8, 4) is 0 Å². The molecule has 0 saturated carbocycles. The molecule has 0 saturated heterocycles. The van der Waals surface area contributed by atoms with E-state index in [0.717, 1.165) is 0 Å². The molecule has 0 radical (unpaired) electrons. The molecule has 0 aliphatic heterocycles. The maximum Gasteiger partial charge on any atom is 0.761 e. The quantitative estimate of drug-likeness (QED) is 0.391. The Morgan fingerprint density at radius 2 is 0.900 bits per heavy atom. The third kappa shape index (κ3) is 1040. The second-order valence-electron chi connectivity index (χ2n) is 0.283. The zero-order valence-electron chi connectivity index (χ0n) is 4.30. The van der Waals surface area contributed by atoms with Gasteiger partial charge in [-0.25, -0.2) is 0 Å². The van der Waals surface area contributed by atoms with Crippen LogP contribution in [-0.4, -0.2) is 58.0 Å². The topological polar surface area (TPSA) is 184 Å². The fraction of sp³-hybridized carbons (Fsp3) is 0. The van der Waals surface area contributed by atoms with Crippen molar-refractivity contribution in [2.24, 2.45) is 0 Å². The van der Waals surface area contributed by atoms with Gasteiger partial charge in [0.15, 0.2) is 17.4 Å². The second kappa shape index (κ2) is 53.6. The van der Waals surface area contributed by atoms with Crippen LogP contribution in [-0.2, 0) is 26.2 Å². The van der Waals surface area contributed by atoms with Crippen molar-refractivity contribution in [1.82, 2.24) is 0 Å². The standard InChI is InChI=1S/Al.H2O3Si.4H2O.Ti.3H/c;1-4(2)3;;;;;;;;/h;1-2H;4*1H2;;;;. The summed E-state index contributed by atoms with van der Waals surface area (Å²) in [5, 5.41) is 0. The molecule has 0 atom stereocenters. The van der Waals surface area contributed by atoms with E-state index in [9.17, 15) is 0 Å². The zero-order chi connectivity index (χ0) is 3.58. The molecule has 10 N–H and O–H groups in total. The number of hydrogen-bond acceptors (Lipinski definition) is 1. The van der Waals surface area contributed by atoms with Crippen molar-refractivity contribution in [3.05, 3.63) is 0 Å². The Labute approximate surface area is 84.2 Å². The molecule has 0 fully saturated rings. The average Bonchev–Trinajstić information content (AvgIpc) is 0.811. The maximum atomic E-state index is 8.74. The average molecular weight is 228 g/mol. The van der Waals surface area contributed by atoms with Crippen LogP contribution in [0.15, 0.2) is 0 Å². The Morgan fingerprint density at radius 1 is 0.900 bits per heavy atom. The molecule has 66 valence electrons. The summed E-state index contributed by atoms with van der Waals surface area (Å²) < 4.78 is 8.74. The van der Waals surface area contributed by atoms with Gasteiger partial charge in [0.1, 0.15) is 0 Å². The van der Waals surface area contributed by atoms with Crippen LogP contribution in [0.1, 0.15) is 0 Å². The van der Waals surface area contributed by atoms with Gasteiger partial charge in [-0.2, -0.15) is 0 Å². The van der Waals surface area contributed by atoms with E-state index in [1.165, 1.54) is 0 Å². The first-order valence-electron chi connectivity index (χ1n) is 0.651. The van der Waals surface area contributed by atoms with Crippen molar-refractivity contribution in [3.63, 3.8) is 0 Å². The molecule has 0 unspecified atom stereocenters. The van der Waals surface area contributed by atoms with Crippen LogP contribution < -0.4 is 0 Å². The molecule has 10 heavy (non-hydrogen) atoms. The van der Waals surface area contributed by atoms with Gasteiger partial charge in [-0.1, -0.05) is 0 Å². The van der Waals surface area contributed by atoms with Crippen molar-refractivity contribution in [1.29, 1.82) is 0 Å². The monoisotopic (exact) mass is 228 g/mol. The summed E-state index contributed by atoms with van der Waals surface area (Å²) >= 11 is 0. The largest absolute Gasteiger partial charge is 0.761 e. The number of hydrogen-bond donors (Lipinski definition) is 2. The Bertz CT molecular complexity index is 36.6. The van der Waals surface area contributed by atoms with Crippen molar-refractivity contribution >= 4 is 26.5 Å². The van der Waals surface area contributed by atoms with Crippen LogP contribution in [0.2, 0.25) is 0 Å². The summed E-state index contributed by atoms with van der Waals surface area (Å²) in [5.74, 6) is 0. The molecule has 10 heteroatoms. The van der Waals surface area contributed by atoms with Crippen molar-refractivity contribution in [2.45, 2.75) is 0 Å². The molecule has 7 nitrogen and oxygen atoms in total. The van der Waals surface area contributed by atoms with Gasteiger partial charge in [0.25, 0.3) is 0 Å². The van der Waals surface area contributed by atoms with Gasteiger partial charge in [0.05, 0.1) is 0 Å². The predicted molar refractivity (Wildman–Crippen MR) is 35.3 cm³/mol. The molecule has 0 aromatic carbocycles. The SMILES string of the molecule is O.O.O.O.O=[Si](O)O.[AlH3].[Ti]. The van der Waals surface area contributed by atoms with E-state index in [2.05, 4.69) is 0 Å². The van der Waals surface area contributed by atoms with E-state index in [-0.39, 0.29) is 61.0 Å². The predicted octanol–water partition coefficient (Wildman–Crippen LogP) is -6.10. The van der Waals surface area contributed by atoms with Crippen LogP contribution in [0.5, 0.6) is 0 Å². The van der Waals surface area contributed by atoms with Gasteiger partial charge in [-0.15, -0.1) is 0 Å². The molecule has 0 spiro atoms. The Morgan fingerprint density at radius 3 is 0.900 bits per heavy atom. The minimum Gasteiger partial charge on any atom is -0.511 e. The Balaban J connectivity index is -0.00000000300. The fourth-order valence-corrected chi connectivity index (χ4v) is 0. The third-order valence-corrected chi connectivity index (χ3v) is 0. The van der Waals surface area contributed by atoms with Gasteiger partial charge in [0, 0.05) is 21.7 Å². The molecule has 0 heterocycles. The first-order chi connectivity index (χ1) is 1.73. The minimum atomic E-state index is -3.13. The zero-order valence-corrected chi connectivity index (χ0v) is 6.86. The summed E-state index contributed by atoms with van der Waals surface area (Å²) in [6.45, 7) is 0. The van der Waals surface area contributed by atoms with Crippen molar-refractivity contribution < 1.29 is 57.7 Å². The summed E-state index contributed by atoms with van der Waals surface area (Å²) in [6, 6.07) is 0. The van der Waals surface area contributed by atoms with E-state index in [1.807, 2.05) is 0 Å². The first kappa shape index (κ1) is 73.5. The maximum absolute atomic E-state index is 8.74. The van der Waals surface area contributed by atoms with Gasteiger partial charge in [-0.05, 0) is 0 Å². The smallest absolute Gasteiger partial charge is 0.511 e. The number of rotatable bonds is 0. The first-order valence-corrected chi connectivity index (χ1v) is 1.95. The third-order valence-electron chi connectivity index (χ3n) is 0. The Kier molecular flexibility index (Phi) is 394. The van der Waals surface area contributed by atoms with Crippen molar-refractivity contribution in [2.75, 3.05) is 0 Å². The van der Waals surface area contributed by atoms with Gasteiger partial charge >= 0.3 is 9.17 Å². The molecule has 0 rings (SSSR count). The molecule has 0 aromatic heterocycles. The van der Waals surface area contributed by atoms with E-state index in [4.69, 9.17) is 14.1 Å². The van der Waals surface area contributed by atoms with E-state index >= 15 is 0 Å². The molecular weight excluding hydrogens is 215 g/mol. The van der Waals surface area contributed by atoms with E-state index < -0.39 is 9.17 Å². The second-order valence-corrected chi connectivity index (χ2v) is 0.848. The molecule has 0 aliphatic carbocycles. The minimum absolute atomic E-state index is 0. The molecule has 0 bridgehead atoms. The van der Waals surface area contributed by atoms with Crippen LogP contribution in [0.25, 0.3) is 0 Å². The summed E-state index contributed by atoms with van der Waals surface area (Å²) in [4.78, 5) is 14.3. The van der Waals surface area contributed by atoms with Gasteiger partial charge in [0.2, 0.25) is 0 Å². The van der Waals surface area contributed by atoms with Crippen LogP contribution >= 0.6 is 0 Å².